The summed E-state index contributed by atoms with van der Waals surface area (Å²) in [6, 6.07) is 3.81. The number of fused-ring (bicyclic) bond motifs is 1. The van der Waals surface area contributed by atoms with Gasteiger partial charge in [0.15, 0.2) is 0 Å². The standard InChI is InChI=1S/C16H22N4O3/c1-3-18(2)12-6-7-19(10-12)14-9-13-11(4-5-16(21)17-13)8-15(14)20(22)23/h8-9,12H,3-7,10H2,1-2H3,(H,17,21). The molecule has 1 aromatic carbocycles. The minimum Gasteiger partial charge on any atom is -0.364 e. The number of likely N-dealkylation sites (N-methyl/N-ethyl adjacent to an activating group) is 1. The molecule has 1 saturated heterocycles. The number of aryl methyl sites for hydroxylation is 1. The summed E-state index contributed by atoms with van der Waals surface area (Å²) in [5.74, 6) is -0.0256. The van der Waals surface area contributed by atoms with E-state index in [1.807, 2.05) is 0 Å². The van der Waals surface area contributed by atoms with Gasteiger partial charge < -0.3 is 15.1 Å². The number of nitrogens with zero attached hydrogens (tertiary/aromatic N) is 3. The van der Waals surface area contributed by atoms with Gasteiger partial charge in [-0.15, -0.1) is 0 Å². The first kappa shape index (κ1) is 15.7. The van der Waals surface area contributed by atoms with Gasteiger partial charge in [-0.25, -0.2) is 0 Å². The third-order valence-electron chi connectivity index (χ3n) is 4.92. The summed E-state index contributed by atoms with van der Waals surface area (Å²) in [6.45, 7) is 4.64. The number of benzene rings is 1. The lowest BCUT2D eigenvalue weighted by atomic mass is 10.0. The maximum Gasteiger partial charge on any atom is 0.292 e. The zero-order valence-corrected chi connectivity index (χ0v) is 13.5. The van der Waals surface area contributed by atoms with Gasteiger partial charge in [0, 0.05) is 37.3 Å². The molecule has 23 heavy (non-hydrogen) atoms. The second-order valence-electron chi connectivity index (χ2n) is 6.27. The van der Waals surface area contributed by atoms with E-state index in [2.05, 4.69) is 29.1 Å². The van der Waals surface area contributed by atoms with Crippen LogP contribution in [0.3, 0.4) is 0 Å². The van der Waals surface area contributed by atoms with E-state index in [0.717, 1.165) is 31.6 Å². The molecule has 1 unspecified atom stereocenters. The molecule has 2 heterocycles. The van der Waals surface area contributed by atoms with Crippen molar-refractivity contribution in [2.24, 2.45) is 0 Å². The predicted octanol–water partition coefficient (Wildman–Crippen LogP) is 2.01. The van der Waals surface area contributed by atoms with Crippen molar-refractivity contribution in [2.45, 2.75) is 32.2 Å². The van der Waals surface area contributed by atoms with Gasteiger partial charge in [-0.05, 0) is 38.1 Å². The zero-order valence-electron chi connectivity index (χ0n) is 13.5. The summed E-state index contributed by atoms with van der Waals surface area (Å²) >= 11 is 0. The number of hydrogen-bond acceptors (Lipinski definition) is 5. The molecule has 7 nitrogen and oxygen atoms in total. The van der Waals surface area contributed by atoms with Crippen molar-refractivity contribution in [3.63, 3.8) is 0 Å². The van der Waals surface area contributed by atoms with Crippen LogP contribution in [0.5, 0.6) is 0 Å². The fraction of sp³-hybridized carbons (Fsp3) is 0.562. The van der Waals surface area contributed by atoms with Crippen LogP contribution < -0.4 is 10.2 Å². The maximum atomic E-state index is 11.6. The molecule has 0 radical (unpaired) electrons. The summed E-state index contributed by atoms with van der Waals surface area (Å²) in [5.41, 5.74) is 2.32. The highest BCUT2D eigenvalue weighted by molar-refractivity contribution is 5.95. The van der Waals surface area contributed by atoms with E-state index in [-0.39, 0.29) is 16.5 Å². The molecule has 0 aromatic heterocycles. The van der Waals surface area contributed by atoms with Crippen molar-refractivity contribution in [2.75, 3.05) is 36.9 Å². The lowest BCUT2D eigenvalue weighted by Gasteiger charge is -2.25. The summed E-state index contributed by atoms with van der Waals surface area (Å²) in [7, 11) is 2.08. The van der Waals surface area contributed by atoms with Crippen LogP contribution >= 0.6 is 0 Å². The van der Waals surface area contributed by atoms with E-state index < -0.39 is 0 Å². The summed E-state index contributed by atoms with van der Waals surface area (Å²) in [4.78, 5) is 27.1. The molecule has 124 valence electrons. The molecule has 1 atom stereocenters. The van der Waals surface area contributed by atoms with Crippen molar-refractivity contribution in [1.82, 2.24) is 4.90 Å². The molecule has 1 amide bonds. The topological polar surface area (TPSA) is 78.7 Å². The number of hydrogen-bond donors (Lipinski definition) is 1. The van der Waals surface area contributed by atoms with Gasteiger partial charge in [-0.3, -0.25) is 14.9 Å². The van der Waals surface area contributed by atoms with Gasteiger partial charge in [0.1, 0.15) is 5.69 Å². The Labute approximate surface area is 135 Å². The van der Waals surface area contributed by atoms with Crippen molar-refractivity contribution >= 4 is 23.0 Å². The summed E-state index contributed by atoms with van der Waals surface area (Å²) in [5, 5.41) is 14.3. The average molecular weight is 318 g/mol. The molecule has 7 heteroatoms. The number of anilines is 2. The first-order valence-electron chi connectivity index (χ1n) is 8.06. The van der Waals surface area contributed by atoms with Crippen LogP contribution in [0.4, 0.5) is 17.1 Å². The van der Waals surface area contributed by atoms with Crippen LogP contribution in [0.1, 0.15) is 25.3 Å². The minimum absolute atomic E-state index is 0.0256. The predicted molar refractivity (Wildman–Crippen MR) is 89.0 cm³/mol. The molecule has 2 aliphatic rings. The molecular weight excluding hydrogens is 296 g/mol. The van der Waals surface area contributed by atoms with E-state index in [9.17, 15) is 14.9 Å². The number of nitro benzene ring substituents is 1. The Balaban J connectivity index is 1.93. The number of nitrogens with one attached hydrogen (secondary N) is 1. The third kappa shape index (κ3) is 3.01. The van der Waals surface area contributed by atoms with Crippen LogP contribution in [-0.2, 0) is 11.2 Å². The van der Waals surface area contributed by atoms with Crippen LogP contribution in [-0.4, -0.2) is 48.5 Å². The molecule has 3 rings (SSSR count). The molecule has 1 aromatic rings. The van der Waals surface area contributed by atoms with E-state index in [1.165, 1.54) is 0 Å². The fourth-order valence-corrected chi connectivity index (χ4v) is 3.38. The second kappa shape index (κ2) is 6.16. The van der Waals surface area contributed by atoms with Gasteiger partial charge >= 0.3 is 0 Å². The molecule has 1 N–H and O–H groups in total. The van der Waals surface area contributed by atoms with Crippen molar-refractivity contribution < 1.29 is 9.72 Å². The summed E-state index contributed by atoms with van der Waals surface area (Å²) < 4.78 is 0. The van der Waals surface area contributed by atoms with Crippen molar-refractivity contribution in [3.05, 3.63) is 27.8 Å². The minimum atomic E-state index is -0.317. The Hall–Kier alpha value is -2.15. The number of rotatable bonds is 4. The number of nitro groups is 1. The van der Waals surface area contributed by atoms with E-state index in [0.29, 0.717) is 30.3 Å². The Bertz CT molecular complexity index is 646. The highest BCUT2D eigenvalue weighted by atomic mass is 16.6. The van der Waals surface area contributed by atoms with E-state index in [4.69, 9.17) is 0 Å². The highest BCUT2D eigenvalue weighted by Crippen LogP contribution is 2.38. The molecular formula is C16H22N4O3. The Morgan fingerprint density at radius 2 is 2.22 bits per heavy atom. The van der Waals surface area contributed by atoms with Gasteiger partial charge in [0.25, 0.3) is 5.69 Å². The van der Waals surface area contributed by atoms with Gasteiger partial charge in [-0.2, -0.15) is 0 Å². The van der Waals surface area contributed by atoms with Crippen LogP contribution in [0.2, 0.25) is 0 Å². The monoisotopic (exact) mass is 318 g/mol. The highest BCUT2D eigenvalue weighted by Gasteiger charge is 2.31. The lowest BCUT2D eigenvalue weighted by molar-refractivity contribution is -0.384. The Morgan fingerprint density at radius 1 is 1.43 bits per heavy atom. The normalized spacial score (nSPS) is 20.6. The largest absolute Gasteiger partial charge is 0.364 e. The molecule has 2 aliphatic heterocycles. The average Bonchev–Trinajstić information content (AvgIpc) is 3.02. The van der Waals surface area contributed by atoms with Crippen LogP contribution in [0.25, 0.3) is 0 Å². The fourth-order valence-electron chi connectivity index (χ4n) is 3.38. The SMILES string of the molecule is CCN(C)C1CCN(c2cc3c(cc2[N+](=O)[O-])CCC(=O)N3)C1. The molecule has 0 bridgehead atoms. The van der Waals surface area contributed by atoms with Gasteiger partial charge in [0.05, 0.1) is 4.92 Å². The molecule has 0 aliphatic carbocycles. The van der Waals surface area contributed by atoms with Crippen molar-refractivity contribution in [1.29, 1.82) is 0 Å². The first-order valence-corrected chi connectivity index (χ1v) is 8.06. The van der Waals surface area contributed by atoms with Crippen LogP contribution in [0, 0.1) is 10.1 Å². The molecule has 0 saturated carbocycles. The Kier molecular flexibility index (Phi) is 4.21. The first-order chi connectivity index (χ1) is 11.0. The van der Waals surface area contributed by atoms with Gasteiger partial charge in [0.2, 0.25) is 5.91 Å². The number of carbonyl (C=O) groups is 1. The molecule has 0 spiro atoms. The third-order valence-corrected chi connectivity index (χ3v) is 4.92. The number of amides is 1. The maximum absolute atomic E-state index is 11.6. The second-order valence-corrected chi connectivity index (χ2v) is 6.27. The quantitative estimate of drug-likeness (QED) is 0.678. The van der Waals surface area contributed by atoms with E-state index in [1.54, 1.807) is 12.1 Å². The zero-order chi connectivity index (χ0) is 16.6. The molecule has 1 fully saturated rings. The Morgan fingerprint density at radius 3 is 2.91 bits per heavy atom. The number of carbonyl (C=O) groups excluding carboxylic acids is 1. The van der Waals surface area contributed by atoms with E-state index >= 15 is 0 Å². The van der Waals surface area contributed by atoms with Gasteiger partial charge in [-0.1, -0.05) is 6.92 Å². The van der Waals surface area contributed by atoms with Crippen LogP contribution in [0.15, 0.2) is 12.1 Å². The lowest BCUT2D eigenvalue weighted by Crippen LogP contribution is -2.34. The summed E-state index contributed by atoms with van der Waals surface area (Å²) in [6.07, 6.45) is 1.94. The van der Waals surface area contributed by atoms with Crippen molar-refractivity contribution in [3.8, 4) is 0 Å². The smallest absolute Gasteiger partial charge is 0.292 e.